The Morgan fingerprint density at radius 1 is 1.62 bits per heavy atom. The molecule has 70 valence electrons. The van der Waals surface area contributed by atoms with Crippen LogP contribution in [0.1, 0.15) is 18.4 Å². The summed E-state index contributed by atoms with van der Waals surface area (Å²) in [5.41, 5.74) is 0.192. The zero-order valence-corrected chi connectivity index (χ0v) is 7.60. The predicted molar refractivity (Wildman–Crippen MR) is 48.2 cm³/mol. The zero-order chi connectivity index (χ0) is 9.31. The number of hydrogen-bond donors (Lipinski definition) is 1. The van der Waals surface area contributed by atoms with Gasteiger partial charge >= 0.3 is 0 Å². The molecule has 1 aromatic heterocycles. The maximum absolute atomic E-state index is 10.1. The van der Waals surface area contributed by atoms with Crippen LogP contribution in [0.5, 0.6) is 0 Å². The van der Waals surface area contributed by atoms with Gasteiger partial charge in [-0.25, -0.2) is 0 Å². The van der Waals surface area contributed by atoms with E-state index in [1.165, 1.54) is 0 Å². The molecule has 2 rings (SSSR count). The average molecular weight is 179 g/mol. The number of rotatable bonds is 2. The number of hydrogen-bond acceptors (Lipinski definition) is 3. The number of ether oxygens (including phenoxy) is 1. The summed E-state index contributed by atoms with van der Waals surface area (Å²) in [6.45, 7) is 0. The minimum absolute atomic E-state index is 0.199. The molecule has 0 bridgehead atoms. The van der Waals surface area contributed by atoms with Gasteiger partial charge in [0.2, 0.25) is 0 Å². The predicted octanol–water partition coefficient (Wildman–Crippen LogP) is 1.08. The number of aliphatic hydroxyl groups is 1. The first-order valence-corrected chi connectivity index (χ1v) is 4.40. The Hall–Kier alpha value is -0.930. The Balaban J connectivity index is 2.11. The second-order valence-corrected chi connectivity index (χ2v) is 3.54. The van der Waals surface area contributed by atoms with Crippen LogP contribution in [0.2, 0.25) is 0 Å². The number of nitrogens with zero attached hydrogens (tertiary/aromatic N) is 1. The first-order chi connectivity index (χ1) is 6.24. The molecule has 1 fully saturated rings. The van der Waals surface area contributed by atoms with Crippen molar-refractivity contribution >= 4 is 0 Å². The molecular formula is C10H13NO2. The average Bonchev–Trinajstić information content (AvgIpc) is 2.14. The SMILES string of the molecule is COC1CC(O)(c2cccnc2)C1. The molecule has 1 heterocycles. The lowest BCUT2D eigenvalue weighted by atomic mass is 9.73. The fourth-order valence-electron chi connectivity index (χ4n) is 1.73. The zero-order valence-electron chi connectivity index (χ0n) is 7.60. The van der Waals surface area contributed by atoms with E-state index in [9.17, 15) is 5.11 Å². The van der Waals surface area contributed by atoms with Crippen LogP contribution < -0.4 is 0 Å². The minimum atomic E-state index is -0.699. The summed E-state index contributed by atoms with van der Waals surface area (Å²) < 4.78 is 5.12. The third-order valence-corrected chi connectivity index (χ3v) is 2.66. The molecule has 0 saturated heterocycles. The summed E-state index contributed by atoms with van der Waals surface area (Å²) in [4.78, 5) is 3.98. The summed E-state index contributed by atoms with van der Waals surface area (Å²) in [6.07, 6.45) is 4.97. The van der Waals surface area contributed by atoms with Crippen LogP contribution in [0.4, 0.5) is 0 Å². The highest BCUT2D eigenvalue weighted by molar-refractivity contribution is 5.22. The van der Waals surface area contributed by atoms with E-state index < -0.39 is 5.60 Å². The Labute approximate surface area is 77.4 Å². The Bertz CT molecular complexity index is 280. The fourth-order valence-corrected chi connectivity index (χ4v) is 1.73. The molecule has 3 nitrogen and oxygen atoms in total. The van der Waals surface area contributed by atoms with Crippen molar-refractivity contribution in [1.29, 1.82) is 0 Å². The third-order valence-electron chi connectivity index (χ3n) is 2.66. The maximum Gasteiger partial charge on any atom is 0.0960 e. The first kappa shape index (κ1) is 8.66. The van der Waals surface area contributed by atoms with E-state index in [1.807, 2.05) is 12.1 Å². The van der Waals surface area contributed by atoms with Crippen LogP contribution in [0.15, 0.2) is 24.5 Å². The Kier molecular flexibility index (Phi) is 2.06. The maximum atomic E-state index is 10.1. The molecule has 0 amide bonds. The molecule has 0 aliphatic heterocycles. The van der Waals surface area contributed by atoms with Crippen molar-refractivity contribution in [3.05, 3.63) is 30.1 Å². The fraction of sp³-hybridized carbons (Fsp3) is 0.500. The summed E-state index contributed by atoms with van der Waals surface area (Å²) >= 11 is 0. The summed E-state index contributed by atoms with van der Waals surface area (Å²) in [7, 11) is 1.67. The van der Waals surface area contributed by atoms with Gasteiger partial charge in [0.1, 0.15) is 0 Å². The highest BCUT2D eigenvalue weighted by atomic mass is 16.5. The van der Waals surface area contributed by atoms with Gasteiger partial charge in [-0.3, -0.25) is 4.98 Å². The molecule has 1 aliphatic carbocycles. The number of pyridine rings is 1. The van der Waals surface area contributed by atoms with E-state index >= 15 is 0 Å². The molecule has 0 atom stereocenters. The minimum Gasteiger partial charge on any atom is -0.385 e. The van der Waals surface area contributed by atoms with Gasteiger partial charge in [-0.1, -0.05) is 6.07 Å². The first-order valence-electron chi connectivity index (χ1n) is 4.40. The van der Waals surface area contributed by atoms with Crippen molar-refractivity contribution in [3.63, 3.8) is 0 Å². The van der Waals surface area contributed by atoms with E-state index in [2.05, 4.69) is 4.98 Å². The monoisotopic (exact) mass is 179 g/mol. The van der Waals surface area contributed by atoms with Gasteiger partial charge in [0, 0.05) is 37.9 Å². The highest BCUT2D eigenvalue weighted by Gasteiger charge is 2.44. The second-order valence-electron chi connectivity index (χ2n) is 3.54. The largest absolute Gasteiger partial charge is 0.385 e. The van der Waals surface area contributed by atoms with Crippen molar-refractivity contribution in [1.82, 2.24) is 4.98 Å². The smallest absolute Gasteiger partial charge is 0.0960 e. The molecular weight excluding hydrogens is 166 g/mol. The standard InChI is InChI=1S/C10H13NO2/c1-13-9-5-10(12,6-9)8-3-2-4-11-7-8/h2-4,7,9,12H,5-6H2,1H3. The second kappa shape index (κ2) is 3.09. The lowest BCUT2D eigenvalue weighted by Gasteiger charge is -2.42. The topological polar surface area (TPSA) is 42.4 Å². The van der Waals surface area contributed by atoms with Crippen LogP contribution in [-0.4, -0.2) is 23.3 Å². The van der Waals surface area contributed by atoms with E-state index in [0.717, 1.165) is 5.56 Å². The van der Waals surface area contributed by atoms with E-state index in [4.69, 9.17) is 4.74 Å². The van der Waals surface area contributed by atoms with Gasteiger partial charge in [0.05, 0.1) is 11.7 Å². The van der Waals surface area contributed by atoms with Crippen molar-refractivity contribution in [2.24, 2.45) is 0 Å². The summed E-state index contributed by atoms with van der Waals surface area (Å²) in [6, 6.07) is 3.74. The van der Waals surface area contributed by atoms with E-state index in [1.54, 1.807) is 19.5 Å². The lowest BCUT2D eigenvalue weighted by molar-refractivity contribution is -0.133. The van der Waals surface area contributed by atoms with Crippen molar-refractivity contribution < 1.29 is 9.84 Å². The Morgan fingerprint density at radius 2 is 2.38 bits per heavy atom. The van der Waals surface area contributed by atoms with Crippen LogP contribution in [0.25, 0.3) is 0 Å². The molecule has 3 heteroatoms. The third kappa shape index (κ3) is 1.45. The highest BCUT2D eigenvalue weighted by Crippen LogP contribution is 2.42. The van der Waals surface area contributed by atoms with E-state index in [0.29, 0.717) is 12.8 Å². The van der Waals surface area contributed by atoms with Crippen LogP contribution in [-0.2, 0) is 10.3 Å². The molecule has 1 N–H and O–H groups in total. The molecule has 0 unspecified atom stereocenters. The van der Waals surface area contributed by atoms with Gasteiger partial charge < -0.3 is 9.84 Å². The summed E-state index contributed by atoms with van der Waals surface area (Å²) in [5.74, 6) is 0. The van der Waals surface area contributed by atoms with Gasteiger partial charge in [-0.05, 0) is 6.07 Å². The molecule has 0 spiro atoms. The summed E-state index contributed by atoms with van der Waals surface area (Å²) in [5, 5.41) is 10.1. The van der Waals surface area contributed by atoms with Crippen LogP contribution in [0.3, 0.4) is 0 Å². The normalized spacial score (nSPS) is 32.6. The molecule has 1 saturated carbocycles. The molecule has 13 heavy (non-hydrogen) atoms. The molecule has 1 aromatic rings. The quantitative estimate of drug-likeness (QED) is 0.738. The van der Waals surface area contributed by atoms with Gasteiger partial charge in [0.15, 0.2) is 0 Å². The Morgan fingerprint density at radius 3 is 2.92 bits per heavy atom. The van der Waals surface area contributed by atoms with Crippen LogP contribution >= 0.6 is 0 Å². The number of aromatic nitrogens is 1. The molecule has 1 aliphatic rings. The van der Waals surface area contributed by atoms with Gasteiger partial charge in [-0.2, -0.15) is 0 Å². The van der Waals surface area contributed by atoms with Crippen molar-refractivity contribution in [2.75, 3.05) is 7.11 Å². The van der Waals surface area contributed by atoms with Gasteiger partial charge in [-0.15, -0.1) is 0 Å². The van der Waals surface area contributed by atoms with Crippen molar-refractivity contribution in [3.8, 4) is 0 Å². The van der Waals surface area contributed by atoms with E-state index in [-0.39, 0.29) is 6.10 Å². The van der Waals surface area contributed by atoms with Gasteiger partial charge in [0.25, 0.3) is 0 Å². The molecule has 0 radical (unpaired) electrons. The number of methoxy groups -OCH3 is 1. The van der Waals surface area contributed by atoms with Crippen molar-refractivity contribution in [2.45, 2.75) is 24.5 Å². The lowest BCUT2D eigenvalue weighted by Crippen LogP contribution is -2.45. The molecule has 0 aromatic carbocycles. The van der Waals surface area contributed by atoms with Crippen LogP contribution in [0, 0.1) is 0 Å².